The minimum absolute atomic E-state index is 0.0914. The zero-order valence-electron chi connectivity index (χ0n) is 10.6. The van der Waals surface area contributed by atoms with Crippen LogP contribution in [-0.2, 0) is 4.74 Å². The van der Waals surface area contributed by atoms with Crippen LogP contribution in [-0.4, -0.2) is 50.9 Å². The van der Waals surface area contributed by atoms with Gasteiger partial charge in [0.2, 0.25) is 6.29 Å². The van der Waals surface area contributed by atoms with Crippen molar-refractivity contribution in [2.24, 2.45) is 0 Å². The molecule has 8 heteroatoms. The molecule has 2 rings (SSSR count). The number of benzene rings is 1. The summed E-state index contributed by atoms with van der Waals surface area (Å²) in [4.78, 5) is 9.97. The summed E-state index contributed by atoms with van der Waals surface area (Å²) in [7, 11) is 0. The molecule has 0 amide bonds. The average Bonchev–Trinajstić information content (AvgIpc) is 2.43. The van der Waals surface area contributed by atoms with E-state index in [1.165, 1.54) is 31.2 Å². The van der Waals surface area contributed by atoms with Crippen LogP contribution < -0.4 is 4.74 Å². The first-order chi connectivity index (χ1) is 9.40. The van der Waals surface area contributed by atoms with Crippen molar-refractivity contribution in [3.8, 4) is 5.75 Å². The third-order valence-corrected chi connectivity index (χ3v) is 3.11. The molecule has 5 atom stereocenters. The van der Waals surface area contributed by atoms with E-state index in [9.17, 15) is 25.4 Å². The van der Waals surface area contributed by atoms with Crippen molar-refractivity contribution in [3.63, 3.8) is 0 Å². The Labute approximate surface area is 114 Å². The van der Waals surface area contributed by atoms with Gasteiger partial charge < -0.3 is 24.8 Å². The van der Waals surface area contributed by atoms with Crippen LogP contribution in [0.15, 0.2) is 24.3 Å². The van der Waals surface area contributed by atoms with Crippen molar-refractivity contribution < 1.29 is 29.7 Å². The summed E-state index contributed by atoms with van der Waals surface area (Å²) in [6, 6.07) is 5.21. The molecule has 1 aliphatic heterocycles. The average molecular weight is 285 g/mol. The van der Waals surface area contributed by atoms with Crippen molar-refractivity contribution in [1.29, 1.82) is 0 Å². The largest absolute Gasteiger partial charge is 0.462 e. The predicted molar refractivity (Wildman–Crippen MR) is 66.1 cm³/mol. The summed E-state index contributed by atoms with van der Waals surface area (Å²) in [5.74, 6) is 0.246. The van der Waals surface area contributed by atoms with Crippen LogP contribution in [0, 0.1) is 10.1 Å². The molecule has 110 valence electrons. The molecule has 1 aliphatic rings. The number of hydrogen-bond donors (Lipinski definition) is 3. The number of nitro groups is 1. The Morgan fingerprint density at radius 1 is 1.15 bits per heavy atom. The Hall–Kier alpha value is -1.74. The van der Waals surface area contributed by atoms with E-state index < -0.39 is 35.6 Å². The molecule has 0 aliphatic carbocycles. The van der Waals surface area contributed by atoms with Crippen molar-refractivity contribution in [2.45, 2.75) is 37.6 Å². The Morgan fingerprint density at radius 3 is 2.30 bits per heavy atom. The summed E-state index contributed by atoms with van der Waals surface area (Å²) in [6.07, 6.45) is -5.89. The predicted octanol–water partition coefficient (Wildman–Crippen LogP) is -0.199. The number of nitrogens with zero attached hydrogens (tertiary/aromatic N) is 1. The molecule has 1 aromatic rings. The van der Waals surface area contributed by atoms with E-state index in [1.54, 1.807) is 0 Å². The van der Waals surface area contributed by atoms with Gasteiger partial charge in [-0.2, -0.15) is 0 Å². The van der Waals surface area contributed by atoms with Crippen LogP contribution >= 0.6 is 0 Å². The molecule has 0 bridgehead atoms. The number of hydrogen-bond acceptors (Lipinski definition) is 7. The van der Waals surface area contributed by atoms with Crippen molar-refractivity contribution in [1.82, 2.24) is 0 Å². The zero-order chi connectivity index (χ0) is 14.9. The van der Waals surface area contributed by atoms with Gasteiger partial charge in [0, 0.05) is 12.1 Å². The van der Waals surface area contributed by atoms with Crippen LogP contribution in [0.5, 0.6) is 5.75 Å². The lowest BCUT2D eigenvalue weighted by Crippen LogP contribution is -2.58. The highest BCUT2D eigenvalue weighted by atomic mass is 16.7. The first kappa shape index (κ1) is 14.7. The fourth-order valence-electron chi connectivity index (χ4n) is 1.89. The van der Waals surface area contributed by atoms with Crippen LogP contribution in [0.4, 0.5) is 5.69 Å². The molecule has 8 nitrogen and oxygen atoms in total. The quantitative estimate of drug-likeness (QED) is 0.519. The molecule has 1 heterocycles. The smallest absolute Gasteiger partial charge is 0.269 e. The lowest BCUT2D eigenvalue weighted by atomic mass is 10.00. The van der Waals surface area contributed by atoms with E-state index in [2.05, 4.69) is 0 Å². The lowest BCUT2D eigenvalue weighted by molar-refractivity contribution is -0.384. The number of non-ortho nitro benzene ring substituents is 1. The van der Waals surface area contributed by atoms with Gasteiger partial charge in [0.15, 0.2) is 0 Å². The monoisotopic (exact) mass is 285 g/mol. The van der Waals surface area contributed by atoms with E-state index in [1.807, 2.05) is 0 Å². The second-order valence-corrected chi connectivity index (χ2v) is 4.55. The van der Waals surface area contributed by atoms with Gasteiger partial charge in [-0.15, -0.1) is 0 Å². The van der Waals surface area contributed by atoms with E-state index in [0.717, 1.165) is 0 Å². The molecule has 1 saturated heterocycles. The minimum Gasteiger partial charge on any atom is -0.462 e. The molecule has 0 saturated carbocycles. The summed E-state index contributed by atoms with van der Waals surface area (Å²) in [6.45, 7) is 1.53. The normalized spacial score (nSPS) is 33.7. The minimum atomic E-state index is -1.42. The van der Waals surface area contributed by atoms with Gasteiger partial charge in [0.25, 0.3) is 5.69 Å². The van der Waals surface area contributed by atoms with Gasteiger partial charge in [0.05, 0.1) is 11.0 Å². The van der Waals surface area contributed by atoms with Crippen molar-refractivity contribution in [3.05, 3.63) is 34.4 Å². The fraction of sp³-hybridized carbons (Fsp3) is 0.500. The molecule has 1 fully saturated rings. The van der Waals surface area contributed by atoms with Gasteiger partial charge in [-0.05, 0) is 19.1 Å². The van der Waals surface area contributed by atoms with Gasteiger partial charge in [-0.3, -0.25) is 10.1 Å². The third kappa shape index (κ3) is 2.88. The molecule has 0 spiro atoms. The maximum Gasteiger partial charge on any atom is 0.269 e. The molecule has 1 aromatic carbocycles. The van der Waals surface area contributed by atoms with E-state index >= 15 is 0 Å². The highest BCUT2D eigenvalue weighted by Gasteiger charge is 2.43. The Balaban J connectivity index is 2.07. The summed E-state index contributed by atoms with van der Waals surface area (Å²) < 4.78 is 10.6. The SMILES string of the molecule is C[C@@H]1O[C@@H](Oc2ccc([N+](=O)[O-])cc2)[C@@H](O)[C@H](O)[C@@H]1O. The van der Waals surface area contributed by atoms with Crippen molar-refractivity contribution >= 4 is 5.69 Å². The number of ether oxygens (including phenoxy) is 2. The highest BCUT2D eigenvalue weighted by Crippen LogP contribution is 2.25. The molecule has 3 N–H and O–H groups in total. The lowest BCUT2D eigenvalue weighted by Gasteiger charge is -2.38. The van der Waals surface area contributed by atoms with Crippen LogP contribution in [0.2, 0.25) is 0 Å². The summed E-state index contributed by atoms with van der Waals surface area (Å²) in [5.41, 5.74) is -0.0914. The topological polar surface area (TPSA) is 122 Å². The van der Waals surface area contributed by atoms with Gasteiger partial charge in [-0.1, -0.05) is 0 Å². The first-order valence-corrected chi connectivity index (χ1v) is 6.01. The summed E-state index contributed by atoms with van der Waals surface area (Å²) >= 11 is 0. The summed E-state index contributed by atoms with van der Waals surface area (Å²) in [5, 5.41) is 39.4. The Morgan fingerprint density at radius 2 is 1.75 bits per heavy atom. The van der Waals surface area contributed by atoms with Gasteiger partial charge >= 0.3 is 0 Å². The standard InChI is InChI=1S/C12H15NO7/c1-6-9(14)10(15)11(16)12(19-6)20-8-4-2-7(3-5-8)13(17)18/h2-6,9-12,14-16H,1H3/t6-,9+,10+,11-,12-/m0/s1. The molecule has 0 unspecified atom stereocenters. The molecular weight excluding hydrogens is 270 g/mol. The van der Waals surface area contributed by atoms with Gasteiger partial charge in [-0.25, -0.2) is 0 Å². The Bertz CT molecular complexity index is 477. The Kier molecular flexibility index (Phi) is 4.19. The van der Waals surface area contributed by atoms with Crippen molar-refractivity contribution in [2.75, 3.05) is 0 Å². The van der Waals surface area contributed by atoms with Crippen LogP contribution in [0.25, 0.3) is 0 Å². The number of rotatable bonds is 3. The number of nitro benzene ring substituents is 1. The molecular formula is C12H15NO7. The maximum absolute atomic E-state index is 10.5. The number of aliphatic hydroxyl groups excluding tert-OH is 3. The second kappa shape index (κ2) is 5.71. The van der Waals surface area contributed by atoms with E-state index in [0.29, 0.717) is 0 Å². The van der Waals surface area contributed by atoms with E-state index in [-0.39, 0.29) is 11.4 Å². The third-order valence-electron chi connectivity index (χ3n) is 3.11. The highest BCUT2D eigenvalue weighted by molar-refractivity contribution is 5.36. The molecule has 0 radical (unpaired) electrons. The molecule has 20 heavy (non-hydrogen) atoms. The fourth-order valence-corrected chi connectivity index (χ4v) is 1.89. The number of aliphatic hydroxyl groups is 3. The van der Waals surface area contributed by atoms with Crippen LogP contribution in [0.3, 0.4) is 0 Å². The maximum atomic E-state index is 10.5. The van der Waals surface area contributed by atoms with Crippen LogP contribution in [0.1, 0.15) is 6.92 Å². The first-order valence-electron chi connectivity index (χ1n) is 6.01. The van der Waals surface area contributed by atoms with Gasteiger partial charge in [0.1, 0.15) is 24.1 Å². The second-order valence-electron chi connectivity index (χ2n) is 4.55. The van der Waals surface area contributed by atoms with E-state index in [4.69, 9.17) is 9.47 Å². The molecule has 0 aromatic heterocycles. The zero-order valence-corrected chi connectivity index (χ0v) is 10.6.